The fourth-order valence-electron chi connectivity index (χ4n) is 1.35. The molecule has 0 fully saturated rings. The molecule has 0 spiro atoms. The quantitative estimate of drug-likeness (QED) is 0.600. The van der Waals surface area contributed by atoms with Gasteiger partial charge in [-0.25, -0.2) is 0 Å². The SMILES string of the molecule is CCCCCSc1ccc(Cl)cc1CO. The summed E-state index contributed by atoms with van der Waals surface area (Å²) in [7, 11) is 0. The Morgan fingerprint density at radius 3 is 2.80 bits per heavy atom. The summed E-state index contributed by atoms with van der Waals surface area (Å²) in [5, 5.41) is 9.87. The van der Waals surface area contributed by atoms with Crippen molar-refractivity contribution < 1.29 is 5.11 Å². The van der Waals surface area contributed by atoms with Crippen molar-refractivity contribution in [2.75, 3.05) is 5.75 Å². The molecular weight excluding hydrogens is 228 g/mol. The summed E-state index contributed by atoms with van der Waals surface area (Å²) < 4.78 is 0. The number of hydrogen-bond donors (Lipinski definition) is 1. The van der Waals surface area contributed by atoms with Crippen LogP contribution in [0.15, 0.2) is 23.1 Å². The van der Waals surface area contributed by atoms with Gasteiger partial charge in [0.15, 0.2) is 0 Å². The van der Waals surface area contributed by atoms with Crippen LogP contribution in [0.4, 0.5) is 0 Å². The summed E-state index contributed by atoms with van der Waals surface area (Å²) in [5.41, 5.74) is 0.934. The lowest BCUT2D eigenvalue weighted by Gasteiger charge is -2.07. The molecule has 0 saturated heterocycles. The first-order valence-corrected chi connectivity index (χ1v) is 6.66. The summed E-state index contributed by atoms with van der Waals surface area (Å²) in [5.74, 6) is 1.11. The highest BCUT2D eigenvalue weighted by atomic mass is 35.5. The van der Waals surface area contributed by atoms with Crippen molar-refractivity contribution >= 4 is 23.4 Å². The van der Waals surface area contributed by atoms with Gasteiger partial charge in [-0.2, -0.15) is 0 Å². The molecule has 0 saturated carbocycles. The highest BCUT2D eigenvalue weighted by molar-refractivity contribution is 7.99. The van der Waals surface area contributed by atoms with Gasteiger partial charge in [-0.05, 0) is 35.9 Å². The van der Waals surface area contributed by atoms with E-state index in [-0.39, 0.29) is 6.61 Å². The molecule has 3 heteroatoms. The first-order valence-electron chi connectivity index (χ1n) is 5.30. The first-order chi connectivity index (χ1) is 7.27. The third-order valence-electron chi connectivity index (χ3n) is 2.20. The van der Waals surface area contributed by atoms with Crippen LogP contribution in [0, 0.1) is 0 Å². The fourth-order valence-corrected chi connectivity index (χ4v) is 2.58. The molecule has 0 atom stereocenters. The van der Waals surface area contributed by atoms with Gasteiger partial charge < -0.3 is 5.11 Å². The molecule has 1 aromatic rings. The van der Waals surface area contributed by atoms with Crippen LogP contribution in [0.3, 0.4) is 0 Å². The van der Waals surface area contributed by atoms with Crippen LogP contribution in [0.2, 0.25) is 5.02 Å². The number of thioether (sulfide) groups is 1. The molecule has 0 radical (unpaired) electrons. The predicted octanol–water partition coefficient (Wildman–Crippen LogP) is 4.11. The van der Waals surface area contributed by atoms with E-state index >= 15 is 0 Å². The Morgan fingerprint density at radius 1 is 1.33 bits per heavy atom. The monoisotopic (exact) mass is 244 g/mol. The molecule has 15 heavy (non-hydrogen) atoms. The van der Waals surface area contributed by atoms with Crippen molar-refractivity contribution in [2.24, 2.45) is 0 Å². The minimum atomic E-state index is 0.0661. The van der Waals surface area contributed by atoms with Gasteiger partial charge >= 0.3 is 0 Å². The Morgan fingerprint density at radius 2 is 2.13 bits per heavy atom. The second-order valence-electron chi connectivity index (χ2n) is 3.47. The van der Waals surface area contributed by atoms with Gasteiger partial charge in [0.05, 0.1) is 6.61 Å². The van der Waals surface area contributed by atoms with E-state index in [1.165, 1.54) is 19.3 Å². The summed E-state index contributed by atoms with van der Waals surface area (Å²) >= 11 is 7.66. The third-order valence-corrected chi connectivity index (χ3v) is 3.64. The van der Waals surface area contributed by atoms with Gasteiger partial charge in [0.25, 0.3) is 0 Å². The van der Waals surface area contributed by atoms with E-state index in [0.717, 1.165) is 16.2 Å². The lowest BCUT2D eigenvalue weighted by atomic mass is 10.2. The Bertz CT molecular complexity index is 302. The van der Waals surface area contributed by atoms with Gasteiger partial charge in [0, 0.05) is 9.92 Å². The lowest BCUT2D eigenvalue weighted by Crippen LogP contribution is -1.89. The maximum atomic E-state index is 9.17. The molecule has 1 nitrogen and oxygen atoms in total. The Kier molecular flexibility index (Phi) is 6.15. The topological polar surface area (TPSA) is 20.2 Å². The standard InChI is InChI=1S/C12H17ClOS/c1-2-3-4-7-15-12-6-5-11(13)8-10(12)9-14/h5-6,8,14H,2-4,7,9H2,1H3. The minimum Gasteiger partial charge on any atom is -0.392 e. The van der Waals surface area contributed by atoms with Crippen LogP contribution in [0.5, 0.6) is 0 Å². The number of benzene rings is 1. The van der Waals surface area contributed by atoms with E-state index < -0.39 is 0 Å². The van der Waals surface area contributed by atoms with Crippen molar-refractivity contribution in [3.8, 4) is 0 Å². The Labute approximate surface area is 101 Å². The molecule has 0 aliphatic heterocycles. The van der Waals surface area contributed by atoms with E-state index in [9.17, 15) is 5.11 Å². The van der Waals surface area contributed by atoms with Crippen molar-refractivity contribution in [3.05, 3.63) is 28.8 Å². The molecule has 84 valence electrons. The average molecular weight is 245 g/mol. The molecule has 0 bridgehead atoms. The molecule has 1 rings (SSSR count). The van der Waals surface area contributed by atoms with Crippen LogP contribution in [0.25, 0.3) is 0 Å². The smallest absolute Gasteiger partial charge is 0.0693 e. The number of unbranched alkanes of at least 4 members (excludes halogenated alkanes) is 2. The van der Waals surface area contributed by atoms with Crippen molar-refractivity contribution in [1.82, 2.24) is 0 Å². The molecule has 0 unspecified atom stereocenters. The van der Waals surface area contributed by atoms with Crippen LogP contribution in [0.1, 0.15) is 31.7 Å². The van der Waals surface area contributed by atoms with Gasteiger partial charge in [0.1, 0.15) is 0 Å². The van der Waals surface area contributed by atoms with E-state index in [1.807, 2.05) is 18.2 Å². The number of aliphatic hydroxyl groups is 1. The lowest BCUT2D eigenvalue weighted by molar-refractivity contribution is 0.279. The fraction of sp³-hybridized carbons (Fsp3) is 0.500. The van der Waals surface area contributed by atoms with Crippen LogP contribution in [-0.2, 0) is 6.61 Å². The summed E-state index contributed by atoms with van der Waals surface area (Å²) in [4.78, 5) is 1.15. The molecular formula is C12H17ClOS. The van der Waals surface area contributed by atoms with Crippen molar-refractivity contribution in [1.29, 1.82) is 0 Å². The van der Waals surface area contributed by atoms with Gasteiger partial charge in [-0.1, -0.05) is 31.4 Å². The largest absolute Gasteiger partial charge is 0.392 e. The summed E-state index contributed by atoms with van der Waals surface area (Å²) in [6.45, 7) is 2.27. The number of halogens is 1. The predicted molar refractivity (Wildman–Crippen MR) is 67.6 cm³/mol. The molecule has 0 aliphatic carbocycles. The molecule has 0 heterocycles. The molecule has 0 aliphatic rings. The maximum absolute atomic E-state index is 9.17. The zero-order valence-electron chi connectivity index (χ0n) is 9.00. The average Bonchev–Trinajstić information content (AvgIpc) is 2.26. The zero-order valence-corrected chi connectivity index (χ0v) is 10.6. The Balaban J connectivity index is 2.52. The van der Waals surface area contributed by atoms with Crippen LogP contribution < -0.4 is 0 Å². The molecule has 1 N–H and O–H groups in total. The second-order valence-corrected chi connectivity index (χ2v) is 5.04. The van der Waals surface area contributed by atoms with Gasteiger partial charge in [0.2, 0.25) is 0 Å². The van der Waals surface area contributed by atoms with Crippen molar-refractivity contribution in [3.63, 3.8) is 0 Å². The second kappa shape index (κ2) is 7.15. The number of rotatable bonds is 6. The highest BCUT2D eigenvalue weighted by Gasteiger charge is 2.02. The number of aliphatic hydroxyl groups excluding tert-OH is 1. The summed E-state index contributed by atoms with van der Waals surface area (Å²) in [6, 6.07) is 5.71. The van der Waals surface area contributed by atoms with Crippen LogP contribution >= 0.6 is 23.4 Å². The normalized spacial score (nSPS) is 10.6. The zero-order chi connectivity index (χ0) is 11.1. The summed E-state index contributed by atoms with van der Waals surface area (Å²) in [6.07, 6.45) is 3.75. The van der Waals surface area contributed by atoms with Crippen LogP contribution in [-0.4, -0.2) is 10.9 Å². The van der Waals surface area contributed by atoms with E-state index in [4.69, 9.17) is 11.6 Å². The molecule has 0 aromatic heterocycles. The van der Waals surface area contributed by atoms with E-state index in [0.29, 0.717) is 5.02 Å². The van der Waals surface area contributed by atoms with Gasteiger partial charge in [-0.3, -0.25) is 0 Å². The van der Waals surface area contributed by atoms with Crippen molar-refractivity contribution in [2.45, 2.75) is 37.7 Å². The molecule has 0 amide bonds. The Hall–Kier alpha value is -0.180. The highest BCUT2D eigenvalue weighted by Crippen LogP contribution is 2.26. The van der Waals surface area contributed by atoms with E-state index in [1.54, 1.807) is 11.8 Å². The molecule has 1 aromatic carbocycles. The van der Waals surface area contributed by atoms with E-state index in [2.05, 4.69) is 6.92 Å². The first kappa shape index (κ1) is 12.9. The van der Waals surface area contributed by atoms with Gasteiger partial charge in [-0.15, -0.1) is 11.8 Å². The minimum absolute atomic E-state index is 0.0661. The number of hydrogen-bond acceptors (Lipinski definition) is 2. The third kappa shape index (κ3) is 4.45. The maximum Gasteiger partial charge on any atom is 0.0693 e.